The predicted octanol–water partition coefficient (Wildman–Crippen LogP) is 5.80. The van der Waals surface area contributed by atoms with Gasteiger partial charge in [0.05, 0.1) is 11.8 Å². The van der Waals surface area contributed by atoms with E-state index in [9.17, 15) is 21.6 Å². The molecule has 0 spiro atoms. The maximum absolute atomic E-state index is 13.6. The highest BCUT2D eigenvalue weighted by Crippen LogP contribution is 2.32. The molecule has 1 aromatic heterocycles. The third-order valence-corrected chi connectivity index (χ3v) is 7.59. The van der Waals surface area contributed by atoms with Crippen molar-refractivity contribution in [2.75, 3.05) is 11.0 Å². The number of sulfonamides is 1. The zero-order valence-corrected chi connectivity index (χ0v) is 22.4. The summed E-state index contributed by atoms with van der Waals surface area (Å²) in [6.45, 7) is 2.02. The van der Waals surface area contributed by atoms with Crippen LogP contribution in [0.5, 0.6) is 5.75 Å². The van der Waals surface area contributed by atoms with Crippen molar-refractivity contribution in [3.05, 3.63) is 88.6 Å². The highest BCUT2D eigenvalue weighted by Gasteiger charge is 2.23. The van der Waals surface area contributed by atoms with Crippen LogP contribution in [0, 0.1) is 0 Å². The molecule has 0 atom stereocenters. The Kier molecular flexibility index (Phi) is 7.63. The van der Waals surface area contributed by atoms with E-state index in [1.54, 1.807) is 18.2 Å². The molecule has 0 amide bonds. The number of carbonyl (C=O) groups excluding carboxylic acids is 1. The Labute approximate surface area is 220 Å². The molecule has 0 aliphatic heterocycles. The summed E-state index contributed by atoms with van der Waals surface area (Å²) in [5.41, 5.74) is 1.40. The van der Waals surface area contributed by atoms with Crippen molar-refractivity contribution in [3.8, 4) is 5.75 Å². The summed E-state index contributed by atoms with van der Waals surface area (Å²) >= 11 is 5.82. The molecule has 37 heavy (non-hydrogen) atoms. The van der Waals surface area contributed by atoms with Gasteiger partial charge in [-0.3, -0.25) is 9.52 Å². The molecule has 0 saturated carbocycles. The van der Waals surface area contributed by atoms with Crippen LogP contribution in [0.2, 0.25) is 5.02 Å². The lowest BCUT2D eigenvalue weighted by molar-refractivity contribution is 0.103. The van der Waals surface area contributed by atoms with Crippen molar-refractivity contribution in [2.45, 2.75) is 31.1 Å². The third kappa shape index (κ3) is 6.33. The van der Waals surface area contributed by atoms with E-state index in [0.717, 1.165) is 19.1 Å². The van der Waals surface area contributed by atoms with E-state index >= 15 is 0 Å². The number of furan rings is 1. The summed E-state index contributed by atoms with van der Waals surface area (Å²) in [6, 6.07) is 16.0. The molecule has 0 aliphatic rings. The molecule has 4 aromatic rings. The third-order valence-electron chi connectivity index (χ3n) is 5.47. The SMILES string of the molecule is CCCCc1oc2ccc(NS(C)(=O)=O)cc2c1C(=O)c1ccc(OS(=O)(=O)c2ccc(Cl)cc2)cc1. The molecular weight excluding hydrogens is 538 g/mol. The molecule has 194 valence electrons. The van der Waals surface area contributed by atoms with E-state index in [-0.39, 0.29) is 22.0 Å². The summed E-state index contributed by atoms with van der Waals surface area (Å²) in [5.74, 6) is 0.201. The van der Waals surface area contributed by atoms with Crippen LogP contribution in [0.3, 0.4) is 0 Å². The van der Waals surface area contributed by atoms with E-state index in [2.05, 4.69) is 4.72 Å². The average molecular weight is 562 g/mol. The Morgan fingerprint density at radius 1 is 0.973 bits per heavy atom. The number of carbonyl (C=O) groups is 1. The minimum absolute atomic E-state index is 0.0365. The van der Waals surface area contributed by atoms with Crippen LogP contribution in [0.1, 0.15) is 41.4 Å². The van der Waals surface area contributed by atoms with Crippen LogP contribution in [-0.2, 0) is 26.6 Å². The van der Waals surface area contributed by atoms with Crippen molar-refractivity contribution >= 4 is 54.2 Å². The number of halogens is 1. The highest BCUT2D eigenvalue weighted by molar-refractivity contribution is 7.92. The molecule has 11 heteroatoms. The Morgan fingerprint density at radius 3 is 2.27 bits per heavy atom. The Morgan fingerprint density at radius 2 is 1.65 bits per heavy atom. The monoisotopic (exact) mass is 561 g/mol. The summed E-state index contributed by atoms with van der Waals surface area (Å²) in [4.78, 5) is 13.5. The smallest absolute Gasteiger partial charge is 0.339 e. The van der Waals surface area contributed by atoms with Gasteiger partial charge in [-0.2, -0.15) is 8.42 Å². The molecule has 1 N–H and O–H groups in total. The van der Waals surface area contributed by atoms with Crippen molar-refractivity contribution < 1.29 is 30.2 Å². The van der Waals surface area contributed by atoms with Gasteiger partial charge in [0, 0.05) is 28.1 Å². The zero-order chi connectivity index (χ0) is 26.8. The summed E-state index contributed by atoms with van der Waals surface area (Å²) in [6.07, 6.45) is 3.26. The van der Waals surface area contributed by atoms with Crippen molar-refractivity contribution in [2.24, 2.45) is 0 Å². The molecular formula is C26H24ClNO7S2. The normalized spacial score (nSPS) is 12.0. The van der Waals surface area contributed by atoms with E-state index in [4.69, 9.17) is 20.2 Å². The summed E-state index contributed by atoms with van der Waals surface area (Å²) < 4.78 is 62.1. The predicted molar refractivity (Wildman–Crippen MR) is 142 cm³/mol. The lowest BCUT2D eigenvalue weighted by Crippen LogP contribution is -2.10. The van der Waals surface area contributed by atoms with Gasteiger partial charge in [-0.15, -0.1) is 0 Å². The van der Waals surface area contributed by atoms with Crippen LogP contribution in [0.15, 0.2) is 76.0 Å². The maximum Gasteiger partial charge on any atom is 0.339 e. The molecule has 0 unspecified atom stereocenters. The van der Waals surface area contributed by atoms with Crippen LogP contribution in [0.25, 0.3) is 11.0 Å². The number of hydrogen-bond donors (Lipinski definition) is 1. The minimum atomic E-state index is -4.09. The fourth-order valence-corrected chi connectivity index (χ4v) is 5.38. The molecule has 0 radical (unpaired) electrons. The summed E-state index contributed by atoms with van der Waals surface area (Å²) in [7, 11) is -7.60. The van der Waals surface area contributed by atoms with Crippen molar-refractivity contribution in [1.29, 1.82) is 0 Å². The van der Waals surface area contributed by atoms with Crippen LogP contribution >= 0.6 is 11.6 Å². The Bertz CT molecular complexity index is 1660. The van der Waals surface area contributed by atoms with Gasteiger partial charge in [-0.25, -0.2) is 8.42 Å². The molecule has 0 fully saturated rings. The second-order valence-corrected chi connectivity index (χ2v) is 12.2. The number of rotatable bonds is 10. The number of aryl methyl sites for hydroxylation is 1. The van der Waals surface area contributed by atoms with E-state index in [0.29, 0.717) is 39.4 Å². The second-order valence-electron chi connectivity index (χ2n) is 8.43. The molecule has 4 rings (SSSR count). The van der Waals surface area contributed by atoms with E-state index in [1.807, 2.05) is 6.92 Å². The lowest BCUT2D eigenvalue weighted by Gasteiger charge is -2.08. The van der Waals surface area contributed by atoms with Gasteiger partial charge in [0.15, 0.2) is 5.78 Å². The second kappa shape index (κ2) is 10.6. The largest absolute Gasteiger partial charge is 0.460 e. The van der Waals surface area contributed by atoms with Gasteiger partial charge in [0.1, 0.15) is 22.0 Å². The van der Waals surface area contributed by atoms with Gasteiger partial charge in [-0.1, -0.05) is 24.9 Å². The molecule has 0 bridgehead atoms. The van der Waals surface area contributed by atoms with Crippen LogP contribution in [-0.4, -0.2) is 28.9 Å². The molecule has 0 saturated heterocycles. The Hall–Kier alpha value is -3.34. The van der Waals surface area contributed by atoms with Crippen molar-refractivity contribution in [3.63, 3.8) is 0 Å². The van der Waals surface area contributed by atoms with Gasteiger partial charge < -0.3 is 8.60 Å². The van der Waals surface area contributed by atoms with Crippen LogP contribution < -0.4 is 8.91 Å². The zero-order valence-electron chi connectivity index (χ0n) is 20.0. The number of anilines is 1. The van der Waals surface area contributed by atoms with Gasteiger partial charge in [0.2, 0.25) is 10.0 Å². The average Bonchev–Trinajstić information content (AvgIpc) is 3.19. The highest BCUT2D eigenvalue weighted by atomic mass is 35.5. The number of ketones is 1. The molecule has 3 aromatic carbocycles. The maximum atomic E-state index is 13.6. The summed E-state index contributed by atoms with van der Waals surface area (Å²) in [5, 5.41) is 0.876. The fourth-order valence-electron chi connectivity index (χ4n) is 3.77. The van der Waals surface area contributed by atoms with Gasteiger partial charge in [-0.05, 0) is 73.2 Å². The number of unbranched alkanes of at least 4 members (excludes halogenated alkanes) is 1. The first-order chi connectivity index (χ1) is 17.5. The van der Waals surface area contributed by atoms with Crippen molar-refractivity contribution in [1.82, 2.24) is 0 Å². The lowest BCUT2D eigenvalue weighted by atomic mass is 9.98. The number of hydrogen-bond acceptors (Lipinski definition) is 7. The van der Waals surface area contributed by atoms with E-state index in [1.165, 1.54) is 48.5 Å². The standard InChI is InChI=1S/C26H24ClNO7S2/c1-3-4-5-24-25(22-16-19(28-36(2,30)31)10-15-23(22)34-24)26(29)17-6-11-20(12-7-17)35-37(32,33)21-13-8-18(27)9-14-21/h6-16,28H,3-5H2,1-2H3. The minimum Gasteiger partial charge on any atom is -0.460 e. The quantitative estimate of drug-likeness (QED) is 0.192. The first-order valence-corrected chi connectivity index (χ1v) is 15.0. The van der Waals surface area contributed by atoms with Crippen LogP contribution in [0.4, 0.5) is 5.69 Å². The van der Waals surface area contributed by atoms with Gasteiger partial charge in [0.25, 0.3) is 0 Å². The number of benzene rings is 3. The first-order valence-electron chi connectivity index (χ1n) is 11.3. The number of fused-ring (bicyclic) bond motifs is 1. The van der Waals surface area contributed by atoms with Gasteiger partial charge >= 0.3 is 10.1 Å². The molecule has 0 aliphatic carbocycles. The van der Waals surface area contributed by atoms with E-state index < -0.39 is 20.1 Å². The number of nitrogens with one attached hydrogen (secondary N) is 1. The topological polar surface area (TPSA) is 120 Å². The first kappa shape index (κ1) is 26.7. The molecule has 1 heterocycles. The molecule has 8 nitrogen and oxygen atoms in total. The Balaban J connectivity index is 1.66. The fraction of sp³-hybridized carbons (Fsp3) is 0.192.